The second-order valence-electron chi connectivity index (χ2n) is 9.49. The highest BCUT2D eigenvalue weighted by Gasteiger charge is 2.27. The Morgan fingerprint density at radius 2 is 1.70 bits per heavy atom. The van der Waals surface area contributed by atoms with E-state index in [1.165, 1.54) is 21.9 Å². The van der Waals surface area contributed by atoms with Gasteiger partial charge in [-0.25, -0.2) is 4.79 Å². The Kier molecular flexibility index (Phi) is 8.14. The molecule has 0 amide bonds. The lowest BCUT2D eigenvalue weighted by molar-refractivity contribution is 0.0106. The number of methoxy groups -OCH3 is 1. The summed E-state index contributed by atoms with van der Waals surface area (Å²) in [7, 11) is 1.58. The second-order valence-corrected chi connectivity index (χ2v) is 9.49. The van der Waals surface area contributed by atoms with Crippen LogP contribution in [0.4, 0.5) is 0 Å². The van der Waals surface area contributed by atoms with Gasteiger partial charge >= 0.3 is 5.97 Å². The SMILES string of the molecule is COc1cccc(C(=O)OCCc2ccc(C3CCNCC3OCc3ccc4ccccc4c3)cc2)c1. The predicted molar refractivity (Wildman–Crippen MR) is 146 cm³/mol. The van der Waals surface area contributed by atoms with Gasteiger partial charge in [0.1, 0.15) is 5.75 Å². The van der Waals surface area contributed by atoms with Crippen LogP contribution in [0, 0.1) is 0 Å². The van der Waals surface area contributed by atoms with Crippen molar-refractivity contribution in [2.75, 3.05) is 26.8 Å². The smallest absolute Gasteiger partial charge is 0.338 e. The zero-order valence-corrected chi connectivity index (χ0v) is 21.2. The van der Waals surface area contributed by atoms with Gasteiger partial charge in [0.15, 0.2) is 0 Å². The highest BCUT2D eigenvalue weighted by atomic mass is 16.5. The van der Waals surface area contributed by atoms with Crippen LogP contribution >= 0.6 is 0 Å². The van der Waals surface area contributed by atoms with Crippen molar-refractivity contribution in [1.29, 1.82) is 0 Å². The quantitative estimate of drug-likeness (QED) is 0.293. The molecule has 37 heavy (non-hydrogen) atoms. The zero-order chi connectivity index (χ0) is 25.5. The van der Waals surface area contributed by atoms with Crippen LogP contribution < -0.4 is 10.1 Å². The van der Waals surface area contributed by atoms with Crippen molar-refractivity contribution < 1.29 is 19.0 Å². The number of nitrogens with one attached hydrogen (secondary N) is 1. The van der Waals surface area contributed by atoms with E-state index in [1.54, 1.807) is 31.4 Å². The third-order valence-electron chi connectivity index (χ3n) is 7.04. The number of benzene rings is 4. The molecule has 1 heterocycles. The fourth-order valence-electron chi connectivity index (χ4n) is 4.94. The second kappa shape index (κ2) is 12.0. The van der Waals surface area contributed by atoms with Gasteiger partial charge < -0.3 is 19.5 Å². The van der Waals surface area contributed by atoms with E-state index in [4.69, 9.17) is 14.2 Å². The van der Waals surface area contributed by atoms with Gasteiger partial charge in [0.25, 0.3) is 0 Å². The van der Waals surface area contributed by atoms with Crippen molar-refractivity contribution in [2.45, 2.75) is 31.5 Å². The summed E-state index contributed by atoms with van der Waals surface area (Å²) >= 11 is 0. The Bertz CT molecular complexity index is 1330. The molecule has 5 heteroatoms. The Morgan fingerprint density at radius 3 is 2.54 bits per heavy atom. The maximum Gasteiger partial charge on any atom is 0.338 e. The first kappa shape index (κ1) is 25.0. The summed E-state index contributed by atoms with van der Waals surface area (Å²) in [6.45, 7) is 2.77. The first-order valence-corrected chi connectivity index (χ1v) is 12.9. The van der Waals surface area contributed by atoms with Gasteiger partial charge in [-0.2, -0.15) is 0 Å². The Labute approximate surface area is 218 Å². The van der Waals surface area contributed by atoms with Crippen molar-refractivity contribution in [1.82, 2.24) is 5.32 Å². The molecule has 190 valence electrons. The number of carbonyl (C=O) groups excluding carboxylic acids is 1. The summed E-state index contributed by atoms with van der Waals surface area (Å²) in [5, 5.41) is 5.98. The van der Waals surface area contributed by atoms with Gasteiger partial charge in [-0.3, -0.25) is 0 Å². The maximum atomic E-state index is 12.3. The molecule has 1 aliphatic heterocycles. The molecular weight excluding hydrogens is 462 g/mol. The first-order chi connectivity index (χ1) is 18.2. The molecule has 5 nitrogen and oxygen atoms in total. The summed E-state index contributed by atoms with van der Waals surface area (Å²) in [6, 6.07) is 30.6. The van der Waals surface area contributed by atoms with Crippen molar-refractivity contribution in [2.24, 2.45) is 0 Å². The van der Waals surface area contributed by atoms with Crippen LogP contribution in [0.2, 0.25) is 0 Å². The average molecular weight is 496 g/mol. The molecule has 1 aliphatic rings. The topological polar surface area (TPSA) is 56.8 Å². The van der Waals surface area contributed by atoms with Gasteiger partial charge in [0.05, 0.1) is 32.0 Å². The molecular formula is C32H33NO4. The van der Waals surface area contributed by atoms with Gasteiger partial charge in [-0.05, 0) is 64.7 Å². The van der Waals surface area contributed by atoms with E-state index in [-0.39, 0.29) is 12.1 Å². The lowest BCUT2D eigenvalue weighted by Gasteiger charge is -2.32. The number of rotatable bonds is 9. The van der Waals surface area contributed by atoms with Crippen LogP contribution in [-0.2, 0) is 22.5 Å². The summed E-state index contributed by atoms with van der Waals surface area (Å²) < 4.78 is 17.1. The molecule has 1 N–H and O–H groups in total. The molecule has 5 rings (SSSR count). The summed E-state index contributed by atoms with van der Waals surface area (Å²) in [4.78, 5) is 12.3. The number of ether oxygens (including phenoxy) is 3. The molecule has 4 aromatic carbocycles. The molecule has 4 aromatic rings. The van der Waals surface area contributed by atoms with Crippen molar-refractivity contribution in [3.05, 3.63) is 113 Å². The first-order valence-electron chi connectivity index (χ1n) is 12.9. The van der Waals surface area contributed by atoms with Crippen LogP contribution in [0.3, 0.4) is 0 Å². The van der Waals surface area contributed by atoms with E-state index < -0.39 is 0 Å². The summed E-state index contributed by atoms with van der Waals surface area (Å²) in [5.74, 6) is 0.653. The zero-order valence-electron chi connectivity index (χ0n) is 21.2. The Hall–Kier alpha value is -3.67. The lowest BCUT2D eigenvalue weighted by atomic mass is 9.87. The molecule has 1 saturated heterocycles. The third kappa shape index (κ3) is 6.37. The fraction of sp³-hybridized carbons (Fsp3) is 0.281. The summed E-state index contributed by atoms with van der Waals surface area (Å²) in [6.07, 6.45) is 1.83. The van der Waals surface area contributed by atoms with Gasteiger partial charge in [-0.15, -0.1) is 0 Å². The van der Waals surface area contributed by atoms with Crippen molar-refractivity contribution in [3.8, 4) is 5.75 Å². The lowest BCUT2D eigenvalue weighted by Crippen LogP contribution is -2.40. The molecule has 0 aliphatic carbocycles. The van der Waals surface area contributed by atoms with E-state index in [2.05, 4.69) is 72.0 Å². The van der Waals surface area contributed by atoms with Crippen molar-refractivity contribution >= 4 is 16.7 Å². The van der Waals surface area contributed by atoms with E-state index in [1.807, 2.05) is 0 Å². The Morgan fingerprint density at radius 1 is 0.892 bits per heavy atom. The van der Waals surface area contributed by atoms with Crippen LogP contribution in [0.5, 0.6) is 5.75 Å². The number of hydrogen-bond acceptors (Lipinski definition) is 5. The average Bonchev–Trinajstić information content (AvgIpc) is 2.96. The number of hydrogen-bond donors (Lipinski definition) is 1. The highest BCUT2D eigenvalue weighted by molar-refractivity contribution is 5.89. The van der Waals surface area contributed by atoms with Crippen LogP contribution in [-0.4, -0.2) is 38.9 Å². The number of fused-ring (bicyclic) bond motifs is 1. The molecule has 0 saturated carbocycles. The van der Waals surface area contributed by atoms with E-state index in [9.17, 15) is 4.79 Å². The van der Waals surface area contributed by atoms with E-state index in [0.29, 0.717) is 36.9 Å². The molecule has 2 unspecified atom stereocenters. The minimum Gasteiger partial charge on any atom is -0.497 e. The van der Waals surface area contributed by atoms with E-state index >= 15 is 0 Å². The van der Waals surface area contributed by atoms with E-state index in [0.717, 1.165) is 25.1 Å². The molecule has 0 radical (unpaired) electrons. The summed E-state index contributed by atoms with van der Waals surface area (Å²) in [5.41, 5.74) is 4.13. The molecule has 2 atom stereocenters. The largest absolute Gasteiger partial charge is 0.497 e. The molecule has 0 bridgehead atoms. The predicted octanol–water partition coefficient (Wildman–Crippen LogP) is 5.91. The monoisotopic (exact) mass is 495 g/mol. The van der Waals surface area contributed by atoms with Crippen LogP contribution in [0.25, 0.3) is 10.8 Å². The third-order valence-corrected chi connectivity index (χ3v) is 7.04. The number of esters is 1. The highest BCUT2D eigenvalue weighted by Crippen LogP contribution is 2.29. The van der Waals surface area contributed by atoms with Crippen LogP contribution in [0.1, 0.15) is 39.4 Å². The van der Waals surface area contributed by atoms with Crippen molar-refractivity contribution in [3.63, 3.8) is 0 Å². The van der Waals surface area contributed by atoms with Gasteiger partial charge in [0, 0.05) is 18.9 Å². The minimum atomic E-state index is -0.336. The van der Waals surface area contributed by atoms with Gasteiger partial charge in [0.2, 0.25) is 0 Å². The molecule has 0 spiro atoms. The number of piperidine rings is 1. The maximum absolute atomic E-state index is 12.3. The minimum absolute atomic E-state index is 0.120. The van der Waals surface area contributed by atoms with Gasteiger partial charge in [-0.1, -0.05) is 66.7 Å². The fourth-order valence-corrected chi connectivity index (χ4v) is 4.94. The molecule has 0 aromatic heterocycles. The standard InChI is InChI=1S/C32H33NO4/c1-35-29-8-4-7-28(20-29)32(34)36-18-16-23-9-13-26(14-10-23)30-15-17-33-21-31(30)37-22-24-11-12-25-5-2-3-6-27(25)19-24/h2-14,19-20,30-31,33H,15-18,21-22H2,1H3. The number of carbonyl (C=O) groups is 1. The normalized spacial score (nSPS) is 17.4. The van der Waals surface area contributed by atoms with Crippen LogP contribution in [0.15, 0.2) is 91.0 Å². The molecule has 1 fully saturated rings. The Balaban J connectivity index is 1.15.